The minimum absolute atomic E-state index is 0.169. The zero-order valence-corrected chi connectivity index (χ0v) is 8.60. The standard InChI is InChI=1S/C10H18O2/c1-6-8(7-2)12-9(11)10(3,4)5/h6H,7H2,1-5H3/b8-6+. The lowest BCUT2D eigenvalue weighted by atomic mass is 9.97. The van der Waals surface area contributed by atoms with Gasteiger partial charge in [-0.3, -0.25) is 4.79 Å². The highest BCUT2D eigenvalue weighted by molar-refractivity contribution is 5.76. The van der Waals surface area contributed by atoms with Gasteiger partial charge in [0.05, 0.1) is 5.41 Å². The predicted molar refractivity (Wildman–Crippen MR) is 49.6 cm³/mol. The molecule has 0 bridgehead atoms. The van der Waals surface area contributed by atoms with Crippen LogP contribution in [0.2, 0.25) is 0 Å². The molecule has 0 unspecified atom stereocenters. The van der Waals surface area contributed by atoms with Crippen LogP contribution in [0, 0.1) is 5.41 Å². The molecule has 0 radical (unpaired) electrons. The quantitative estimate of drug-likeness (QED) is 0.470. The lowest BCUT2D eigenvalue weighted by Crippen LogP contribution is -2.22. The van der Waals surface area contributed by atoms with Gasteiger partial charge in [0.2, 0.25) is 0 Å². The van der Waals surface area contributed by atoms with Crippen molar-refractivity contribution >= 4 is 5.97 Å². The Labute approximate surface area is 74.6 Å². The van der Waals surface area contributed by atoms with Gasteiger partial charge in [0.15, 0.2) is 0 Å². The lowest BCUT2D eigenvalue weighted by Gasteiger charge is -2.17. The van der Waals surface area contributed by atoms with Crippen LogP contribution in [-0.2, 0) is 9.53 Å². The van der Waals surface area contributed by atoms with Gasteiger partial charge < -0.3 is 4.74 Å². The molecule has 0 atom stereocenters. The van der Waals surface area contributed by atoms with Crippen LogP contribution < -0.4 is 0 Å². The first kappa shape index (κ1) is 11.2. The van der Waals surface area contributed by atoms with Crippen molar-refractivity contribution in [3.8, 4) is 0 Å². The molecule has 0 aromatic heterocycles. The highest BCUT2D eigenvalue weighted by Crippen LogP contribution is 2.18. The molecule has 2 heteroatoms. The summed E-state index contributed by atoms with van der Waals surface area (Å²) in [6.07, 6.45) is 2.59. The summed E-state index contributed by atoms with van der Waals surface area (Å²) in [5.41, 5.74) is -0.413. The smallest absolute Gasteiger partial charge is 0.316 e. The van der Waals surface area contributed by atoms with E-state index in [1.807, 2.05) is 40.7 Å². The molecule has 0 spiro atoms. The fraction of sp³-hybridized carbons (Fsp3) is 0.700. The van der Waals surface area contributed by atoms with E-state index < -0.39 is 5.41 Å². The molecule has 0 aliphatic rings. The van der Waals surface area contributed by atoms with Gasteiger partial charge in [0, 0.05) is 6.42 Å². The van der Waals surface area contributed by atoms with Crippen LogP contribution in [0.3, 0.4) is 0 Å². The van der Waals surface area contributed by atoms with E-state index in [0.29, 0.717) is 0 Å². The van der Waals surface area contributed by atoms with E-state index in [9.17, 15) is 4.79 Å². The van der Waals surface area contributed by atoms with Crippen molar-refractivity contribution in [1.82, 2.24) is 0 Å². The Balaban J connectivity index is 4.19. The molecule has 0 fully saturated rings. The molecule has 0 N–H and O–H groups in total. The van der Waals surface area contributed by atoms with E-state index in [0.717, 1.165) is 12.2 Å². The van der Waals surface area contributed by atoms with Crippen LogP contribution in [0.5, 0.6) is 0 Å². The predicted octanol–water partition coefficient (Wildman–Crippen LogP) is 2.89. The largest absolute Gasteiger partial charge is 0.431 e. The number of carbonyl (C=O) groups is 1. The molecule has 12 heavy (non-hydrogen) atoms. The van der Waals surface area contributed by atoms with Crippen LogP contribution in [0.4, 0.5) is 0 Å². The first-order valence-corrected chi connectivity index (χ1v) is 4.29. The normalized spacial score (nSPS) is 12.9. The molecule has 2 nitrogen and oxygen atoms in total. The van der Waals surface area contributed by atoms with Gasteiger partial charge in [-0.2, -0.15) is 0 Å². The van der Waals surface area contributed by atoms with E-state index in [4.69, 9.17) is 4.74 Å². The highest BCUT2D eigenvalue weighted by Gasteiger charge is 2.23. The summed E-state index contributed by atoms with van der Waals surface area (Å²) in [7, 11) is 0. The maximum atomic E-state index is 11.3. The number of ether oxygens (including phenoxy) is 1. The fourth-order valence-electron chi connectivity index (χ4n) is 0.607. The van der Waals surface area contributed by atoms with Gasteiger partial charge >= 0.3 is 5.97 Å². The summed E-state index contributed by atoms with van der Waals surface area (Å²) in [4.78, 5) is 11.3. The van der Waals surface area contributed by atoms with Crippen molar-refractivity contribution < 1.29 is 9.53 Å². The Hall–Kier alpha value is -0.790. The van der Waals surface area contributed by atoms with Crippen LogP contribution >= 0.6 is 0 Å². The van der Waals surface area contributed by atoms with Crippen molar-refractivity contribution in [2.75, 3.05) is 0 Å². The Morgan fingerprint density at radius 2 is 1.92 bits per heavy atom. The van der Waals surface area contributed by atoms with Crippen LogP contribution in [-0.4, -0.2) is 5.97 Å². The van der Waals surface area contributed by atoms with Crippen molar-refractivity contribution in [3.63, 3.8) is 0 Å². The number of rotatable bonds is 2. The lowest BCUT2D eigenvalue weighted by molar-refractivity contribution is -0.148. The minimum Gasteiger partial charge on any atom is -0.431 e. The monoisotopic (exact) mass is 170 g/mol. The summed E-state index contributed by atoms with van der Waals surface area (Å²) in [6, 6.07) is 0. The number of hydrogen-bond donors (Lipinski definition) is 0. The summed E-state index contributed by atoms with van der Waals surface area (Å²) >= 11 is 0. The average molecular weight is 170 g/mol. The average Bonchev–Trinajstić information content (AvgIpc) is 1.97. The summed E-state index contributed by atoms with van der Waals surface area (Å²) in [6.45, 7) is 9.37. The van der Waals surface area contributed by atoms with Gasteiger partial charge in [-0.15, -0.1) is 0 Å². The van der Waals surface area contributed by atoms with Crippen LogP contribution in [0.15, 0.2) is 11.8 Å². The van der Waals surface area contributed by atoms with E-state index in [1.54, 1.807) is 0 Å². The number of hydrogen-bond acceptors (Lipinski definition) is 2. The topological polar surface area (TPSA) is 26.3 Å². The summed E-state index contributed by atoms with van der Waals surface area (Å²) in [5.74, 6) is 0.576. The summed E-state index contributed by atoms with van der Waals surface area (Å²) in [5, 5.41) is 0. The molecule has 0 aliphatic heterocycles. The van der Waals surface area contributed by atoms with Crippen LogP contribution in [0.25, 0.3) is 0 Å². The number of carbonyl (C=O) groups excluding carboxylic acids is 1. The van der Waals surface area contributed by atoms with Crippen LogP contribution in [0.1, 0.15) is 41.0 Å². The zero-order chi connectivity index (χ0) is 9.78. The van der Waals surface area contributed by atoms with Gasteiger partial charge in [0.25, 0.3) is 0 Å². The second-order valence-corrected chi connectivity index (χ2v) is 3.75. The molecule has 0 amide bonds. The first-order valence-electron chi connectivity index (χ1n) is 4.29. The Morgan fingerprint density at radius 3 is 2.17 bits per heavy atom. The molecule has 0 saturated carbocycles. The van der Waals surface area contributed by atoms with Gasteiger partial charge in [-0.25, -0.2) is 0 Å². The SMILES string of the molecule is C/C=C(\CC)OC(=O)C(C)(C)C. The minimum atomic E-state index is -0.413. The Bertz CT molecular complexity index is 185. The second-order valence-electron chi connectivity index (χ2n) is 3.75. The van der Waals surface area contributed by atoms with Gasteiger partial charge in [-0.05, 0) is 33.8 Å². The molecule has 0 saturated heterocycles. The van der Waals surface area contributed by atoms with E-state index in [2.05, 4.69) is 0 Å². The highest BCUT2D eigenvalue weighted by atomic mass is 16.5. The van der Waals surface area contributed by atoms with Gasteiger partial charge in [-0.1, -0.05) is 6.92 Å². The number of esters is 1. The second kappa shape index (κ2) is 4.29. The van der Waals surface area contributed by atoms with Crippen molar-refractivity contribution in [3.05, 3.63) is 11.8 Å². The van der Waals surface area contributed by atoms with E-state index in [1.165, 1.54) is 0 Å². The third kappa shape index (κ3) is 3.56. The molecular formula is C10H18O2. The Kier molecular flexibility index (Phi) is 4.01. The van der Waals surface area contributed by atoms with E-state index in [-0.39, 0.29) is 5.97 Å². The zero-order valence-electron chi connectivity index (χ0n) is 8.60. The fourth-order valence-corrected chi connectivity index (χ4v) is 0.607. The van der Waals surface area contributed by atoms with Crippen molar-refractivity contribution in [2.45, 2.75) is 41.0 Å². The molecule has 0 rings (SSSR count). The van der Waals surface area contributed by atoms with Crippen molar-refractivity contribution in [2.24, 2.45) is 5.41 Å². The van der Waals surface area contributed by atoms with E-state index >= 15 is 0 Å². The molecule has 70 valence electrons. The maximum Gasteiger partial charge on any atom is 0.316 e. The first-order chi connectivity index (χ1) is 5.41. The molecule has 0 aromatic carbocycles. The molecule has 0 aliphatic carbocycles. The van der Waals surface area contributed by atoms with Gasteiger partial charge in [0.1, 0.15) is 5.76 Å². The Morgan fingerprint density at radius 1 is 1.42 bits per heavy atom. The maximum absolute atomic E-state index is 11.3. The molecular weight excluding hydrogens is 152 g/mol. The third-order valence-electron chi connectivity index (χ3n) is 1.51. The molecule has 0 heterocycles. The van der Waals surface area contributed by atoms with Crippen molar-refractivity contribution in [1.29, 1.82) is 0 Å². The third-order valence-corrected chi connectivity index (χ3v) is 1.51. The number of allylic oxidation sites excluding steroid dienone is 2. The molecule has 0 aromatic rings. The summed E-state index contributed by atoms with van der Waals surface area (Å²) < 4.78 is 5.14.